The number of benzene rings is 1. The molecule has 2 aromatic rings. The normalized spacial score (nSPS) is 10.4. The highest BCUT2D eigenvalue weighted by Crippen LogP contribution is 2.23. The third kappa shape index (κ3) is 4.24. The molecule has 0 saturated heterocycles. The fourth-order valence-corrected chi connectivity index (χ4v) is 2.40. The predicted molar refractivity (Wildman–Crippen MR) is 82.1 cm³/mol. The van der Waals surface area contributed by atoms with Crippen molar-refractivity contribution in [2.24, 2.45) is 0 Å². The van der Waals surface area contributed by atoms with Gasteiger partial charge in [-0.3, -0.25) is 9.59 Å². The van der Waals surface area contributed by atoms with Gasteiger partial charge in [0.25, 0.3) is 5.56 Å². The molecule has 0 atom stereocenters. The topological polar surface area (TPSA) is 95.1 Å². The first-order valence-corrected chi connectivity index (χ1v) is 7.30. The zero-order valence-electron chi connectivity index (χ0n) is 11.0. The molecule has 6 nitrogen and oxygen atoms in total. The molecule has 0 unspecified atom stereocenters. The molecule has 2 rings (SSSR count). The zero-order valence-corrected chi connectivity index (χ0v) is 12.6. The molecule has 21 heavy (non-hydrogen) atoms. The maximum Gasteiger partial charge on any atom is 0.255 e. The fourth-order valence-electron chi connectivity index (χ4n) is 1.55. The largest absolute Gasteiger partial charge is 0.493 e. The van der Waals surface area contributed by atoms with E-state index in [-0.39, 0.29) is 22.7 Å². The van der Waals surface area contributed by atoms with Gasteiger partial charge in [0.2, 0.25) is 11.8 Å². The lowest BCUT2D eigenvalue weighted by Gasteiger charge is -2.09. The third-order valence-electron chi connectivity index (χ3n) is 2.59. The molecule has 3 N–H and O–H groups in total. The average molecular weight is 326 g/mol. The van der Waals surface area contributed by atoms with Gasteiger partial charge < -0.3 is 15.4 Å². The zero-order chi connectivity index (χ0) is 15.4. The number of thioether (sulfide) groups is 1. The molecule has 0 aliphatic carbocycles. The molecule has 1 amide bonds. The van der Waals surface area contributed by atoms with E-state index in [0.29, 0.717) is 10.7 Å². The van der Waals surface area contributed by atoms with E-state index in [1.807, 2.05) is 0 Å². The Morgan fingerprint density at radius 1 is 1.52 bits per heavy atom. The van der Waals surface area contributed by atoms with Gasteiger partial charge >= 0.3 is 0 Å². The van der Waals surface area contributed by atoms with Gasteiger partial charge in [0.15, 0.2) is 5.16 Å². The van der Waals surface area contributed by atoms with E-state index in [4.69, 9.17) is 11.6 Å². The third-order valence-corrected chi connectivity index (χ3v) is 3.87. The fraction of sp³-hybridized carbons (Fsp3) is 0.154. The lowest BCUT2D eigenvalue weighted by molar-refractivity contribution is -0.113. The second-order valence-electron chi connectivity index (χ2n) is 4.16. The van der Waals surface area contributed by atoms with Crippen LogP contribution < -0.4 is 10.9 Å². The van der Waals surface area contributed by atoms with E-state index < -0.39 is 5.56 Å². The minimum Gasteiger partial charge on any atom is -0.493 e. The van der Waals surface area contributed by atoms with Crippen LogP contribution in [0.2, 0.25) is 5.02 Å². The number of nitrogens with zero attached hydrogens (tertiary/aromatic N) is 1. The Morgan fingerprint density at radius 3 is 3.00 bits per heavy atom. The van der Waals surface area contributed by atoms with E-state index in [9.17, 15) is 14.7 Å². The summed E-state index contributed by atoms with van der Waals surface area (Å²) in [7, 11) is 0. The molecule has 0 fully saturated rings. The quantitative estimate of drug-likeness (QED) is 0.591. The summed E-state index contributed by atoms with van der Waals surface area (Å²) in [5.41, 5.74) is 0.933. The van der Waals surface area contributed by atoms with Crippen molar-refractivity contribution in [1.29, 1.82) is 0 Å². The highest BCUT2D eigenvalue weighted by Gasteiger charge is 2.09. The number of aromatic amines is 1. The Balaban J connectivity index is 1.99. The Hall–Kier alpha value is -1.99. The van der Waals surface area contributed by atoms with Crippen LogP contribution in [0.1, 0.15) is 5.56 Å². The van der Waals surface area contributed by atoms with E-state index in [2.05, 4.69) is 15.3 Å². The number of rotatable bonds is 4. The molecule has 1 aromatic heterocycles. The molecule has 110 valence electrons. The molecular formula is C13H12ClN3O3S. The summed E-state index contributed by atoms with van der Waals surface area (Å²) >= 11 is 6.99. The minimum atomic E-state index is -0.476. The monoisotopic (exact) mass is 325 g/mol. The number of amides is 1. The van der Waals surface area contributed by atoms with Gasteiger partial charge in [-0.05, 0) is 24.6 Å². The molecule has 0 bridgehead atoms. The molecule has 0 spiro atoms. The van der Waals surface area contributed by atoms with E-state index in [0.717, 1.165) is 23.4 Å². The molecule has 0 saturated carbocycles. The summed E-state index contributed by atoms with van der Waals surface area (Å²) in [5, 5.41) is 12.7. The number of halogens is 1. The SMILES string of the molecule is Cc1c(Cl)cccc1NC(=O)CSc1nc(O)cc(=O)[nH]1. The van der Waals surface area contributed by atoms with Gasteiger partial charge in [-0.15, -0.1) is 0 Å². The number of anilines is 1. The number of aromatic nitrogens is 2. The van der Waals surface area contributed by atoms with Gasteiger partial charge in [0.05, 0.1) is 11.8 Å². The first kappa shape index (κ1) is 15.4. The van der Waals surface area contributed by atoms with Crippen LogP contribution in [-0.4, -0.2) is 26.7 Å². The molecule has 1 heterocycles. The van der Waals surface area contributed by atoms with Gasteiger partial charge in [-0.25, -0.2) is 0 Å². The van der Waals surface area contributed by atoms with E-state index >= 15 is 0 Å². The van der Waals surface area contributed by atoms with Crippen molar-refractivity contribution in [3.05, 3.63) is 45.2 Å². The number of H-pyrrole nitrogens is 1. The first-order chi connectivity index (χ1) is 9.95. The number of carbonyl (C=O) groups excluding carboxylic acids is 1. The standard InChI is InChI=1S/C13H12ClN3O3S/c1-7-8(14)3-2-4-9(7)15-12(20)6-21-13-16-10(18)5-11(19)17-13/h2-5H,6H2,1H3,(H,15,20)(H2,16,17,18,19). The summed E-state index contributed by atoms with van der Waals surface area (Å²) in [6, 6.07) is 6.19. The molecule has 0 aliphatic rings. The van der Waals surface area contributed by atoms with Crippen LogP contribution >= 0.6 is 23.4 Å². The van der Waals surface area contributed by atoms with Crippen LogP contribution in [0.25, 0.3) is 0 Å². The summed E-state index contributed by atoms with van der Waals surface area (Å²) in [4.78, 5) is 29.1. The van der Waals surface area contributed by atoms with Crippen molar-refractivity contribution in [1.82, 2.24) is 9.97 Å². The molecule has 0 aliphatic heterocycles. The number of hydrogen-bond acceptors (Lipinski definition) is 5. The van der Waals surface area contributed by atoms with Crippen molar-refractivity contribution >= 4 is 35.0 Å². The van der Waals surface area contributed by atoms with Crippen molar-refractivity contribution in [3.8, 4) is 5.88 Å². The van der Waals surface area contributed by atoms with Crippen LogP contribution in [0.5, 0.6) is 5.88 Å². The molecule has 8 heteroatoms. The molecule has 0 radical (unpaired) electrons. The van der Waals surface area contributed by atoms with E-state index in [1.54, 1.807) is 25.1 Å². The number of aromatic hydroxyl groups is 1. The second kappa shape index (κ2) is 6.64. The van der Waals surface area contributed by atoms with Crippen LogP contribution in [-0.2, 0) is 4.79 Å². The second-order valence-corrected chi connectivity index (χ2v) is 5.53. The van der Waals surface area contributed by atoms with Crippen LogP contribution in [0.3, 0.4) is 0 Å². The van der Waals surface area contributed by atoms with Crippen LogP contribution in [0.15, 0.2) is 34.2 Å². The van der Waals surface area contributed by atoms with Gasteiger partial charge in [-0.1, -0.05) is 29.4 Å². The Bertz CT molecular complexity index is 733. The predicted octanol–water partition coefficient (Wildman–Crippen LogP) is 2.17. The lowest BCUT2D eigenvalue weighted by atomic mass is 10.2. The highest BCUT2D eigenvalue weighted by molar-refractivity contribution is 7.99. The lowest BCUT2D eigenvalue weighted by Crippen LogP contribution is -2.16. The van der Waals surface area contributed by atoms with Gasteiger partial charge in [-0.2, -0.15) is 4.98 Å². The van der Waals surface area contributed by atoms with Crippen molar-refractivity contribution < 1.29 is 9.90 Å². The van der Waals surface area contributed by atoms with Gasteiger partial charge in [0.1, 0.15) is 0 Å². The summed E-state index contributed by atoms with van der Waals surface area (Å²) < 4.78 is 0. The first-order valence-electron chi connectivity index (χ1n) is 5.94. The van der Waals surface area contributed by atoms with Crippen molar-refractivity contribution in [2.75, 3.05) is 11.1 Å². The maximum absolute atomic E-state index is 11.9. The number of hydrogen-bond donors (Lipinski definition) is 3. The Morgan fingerprint density at radius 2 is 2.29 bits per heavy atom. The van der Waals surface area contributed by atoms with Crippen LogP contribution in [0.4, 0.5) is 5.69 Å². The average Bonchev–Trinajstić information content (AvgIpc) is 2.41. The highest BCUT2D eigenvalue weighted by atomic mass is 35.5. The Kier molecular flexibility index (Phi) is 4.87. The Labute approximate surface area is 129 Å². The van der Waals surface area contributed by atoms with Crippen molar-refractivity contribution in [3.63, 3.8) is 0 Å². The summed E-state index contributed by atoms with van der Waals surface area (Å²) in [6.07, 6.45) is 0. The number of nitrogens with one attached hydrogen (secondary N) is 2. The van der Waals surface area contributed by atoms with Crippen molar-refractivity contribution in [2.45, 2.75) is 12.1 Å². The van der Waals surface area contributed by atoms with Gasteiger partial charge in [0, 0.05) is 10.7 Å². The van der Waals surface area contributed by atoms with Crippen LogP contribution in [0, 0.1) is 6.92 Å². The summed E-state index contributed by atoms with van der Waals surface area (Å²) in [5.74, 6) is -0.609. The molecular weight excluding hydrogens is 314 g/mol. The molecule has 1 aromatic carbocycles. The van der Waals surface area contributed by atoms with E-state index in [1.165, 1.54) is 0 Å². The summed E-state index contributed by atoms with van der Waals surface area (Å²) in [6.45, 7) is 1.80. The maximum atomic E-state index is 11.9. The minimum absolute atomic E-state index is 0.0400. The number of carbonyl (C=O) groups is 1. The smallest absolute Gasteiger partial charge is 0.255 e.